The smallest absolute Gasteiger partial charge is 0.332 e. The summed E-state index contributed by atoms with van der Waals surface area (Å²) < 4.78 is 0. The van der Waals surface area contributed by atoms with E-state index in [1.165, 1.54) is 6.92 Å². The highest BCUT2D eigenvalue weighted by atomic mass is 16.4. The Morgan fingerprint density at radius 3 is 2.44 bits per heavy atom. The maximum absolute atomic E-state index is 9.45. The maximum atomic E-state index is 9.45. The number of aliphatic hydroxyl groups is 2. The highest BCUT2D eigenvalue weighted by Gasteiger charge is 2.01. The average molecular weight is 227 g/mol. The average Bonchev–Trinajstić information content (AvgIpc) is 2.29. The van der Waals surface area contributed by atoms with Crippen molar-refractivity contribution in [3.63, 3.8) is 0 Å². The second-order valence-electron chi connectivity index (χ2n) is 3.14. The molecule has 5 nitrogen and oxygen atoms in total. The normalized spacial score (nSPS) is 11.2. The predicted octanol–water partition coefficient (Wildman–Crippen LogP) is 0.588. The van der Waals surface area contributed by atoms with Gasteiger partial charge in [0.1, 0.15) is 6.10 Å². The van der Waals surface area contributed by atoms with Gasteiger partial charge >= 0.3 is 5.97 Å². The van der Waals surface area contributed by atoms with Crippen molar-refractivity contribution in [2.75, 3.05) is 0 Å². The van der Waals surface area contributed by atoms with Crippen molar-refractivity contribution in [2.45, 2.75) is 33.0 Å². The standard InChI is InChI=1S/C8H11NO.C3H6O3/c1-2-7-4-3-5-9-8(7)6-10;1-2(4)3(5)6/h3-5,10H,2,6H2,1H3;2,4H,1H3,(H,5,6). The first kappa shape index (κ1) is 14.5. The predicted molar refractivity (Wildman–Crippen MR) is 58.9 cm³/mol. The fraction of sp³-hybridized carbons (Fsp3) is 0.455. The second kappa shape index (κ2) is 7.78. The molecule has 0 amide bonds. The van der Waals surface area contributed by atoms with Crippen LogP contribution in [0, 0.1) is 0 Å². The molecule has 5 heteroatoms. The number of rotatable bonds is 3. The second-order valence-corrected chi connectivity index (χ2v) is 3.14. The molecule has 0 aliphatic heterocycles. The number of nitrogens with zero attached hydrogens (tertiary/aromatic N) is 1. The summed E-state index contributed by atoms with van der Waals surface area (Å²) >= 11 is 0. The van der Waals surface area contributed by atoms with E-state index >= 15 is 0 Å². The lowest BCUT2D eigenvalue weighted by molar-refractivity contribution is -0.145. The summed E-state index contributed by atoms with van der Waals surface area (Å²) in [5.41, 5.74) is 1.93. The highest BCUT2D eigenvalue weighted by Crippen LogP contribution is 2.04. The molecule has 90 valence electrons. The van der Waals surface area contributed by atoms with Crippen molar-refractivity contribution in [1.29, 1.82) is 0 Å². The van der Waals surface area contributed by atoms with E-state index in [0.29, 0.717) is 0 Å². The molecule has 0 bridgehead atoms. The Morgan fingerprint density at radius 2 is 2.12 bits per heavy atom. The van der Waals surface area contributed by atoms with Crippen LogP contribution in [0.1, 0.15) is 25.1 Å². The van der Waals surface area contributed by atoms with E-state index in [-0.39, 0.29) is 6.61 Å². The van der Waals surface area contributed by atoms with E-state index in [2.05, 4.69) is 11.9 Å². The first-order valence-electron chi connectivity index (χ1n) is 4.97. The lowest BCUT2D eigenvalue weighted by Gasteiger charge is -2.00. The fourth-order valence-electron chi connectivity index (χ4n) is 0.936. The number of carboxylic acids is 1. The molecule has 0 fully saturated rings. The first-order chi connectivity index (χ1) is 7.52. The zero-order valence-electron chi connectivity index (χ0n) is 9.42. The van der Waals surface area contributed by atoms with E-state index in [9.17, 15) is 4.79 Å². The lowest BCUT2D eigenvalue weighted by Crippen LogP contribution is -2.13. The first-order valence-corrected chi connectivity index (χ1v) is 4.97. The Morgan fingerprint density at radius 1 is 1.56 bits per heavy atom. The molecular formula is C11H17NO4. The molecule has 1 atom stereocenters. The number of aliphatic hydroxyl groups excluding tert-OH is 2. The third-order valence-corrected chi connectivity index (χ3v) is 1.87. The van der Waals surface area contributed by atoms with Crippen LogP contribution in [0.2, 0.25) is 0 Å². The molecule has 0 aliphatic carbocycles. The lowest BCUT2D eigenvalue weighted by atomic mass is 10.1. The van der Waals surface area contributed by atoms with Crippen molar-refractivity contribution in [3.8, 4) is 0 Å². The summed E-state index contributed by atoms with van der Waals surface area (Å²) in [4.78, 5) is 13.5. The van der Waals surface area contributed by atoms with Gasteiger partial charge in [-0.05, 0) is 25.0 Å². The molecule has 1 aromatic rings. The van der Waals surface area contributed by atoms with Crippen LogP contribution in [-0.2, 0) is 17.8 Å². The van der Waals surface area contributed by atoms with E-state index in [4.69, 9.17) is 15.3 Å². The Kier molecular flexibility index (Phi) is 7.07. The minimum Gasteiger partial charge on any atom is -0.479 e. The van der Waals surface area contributed by atoms with Crippen LogP contribution in [0.25, 0.3) is 0 Å². The Labute approximate surface area is 94.4 Å². The topological polar surface area (TPSA) is 90.7 Å². The SMILES string of the molecule is CC(O)C(=O)O.CCc1cccnc1CO. The quantitative estimate of drug-likeness (QED) is 0.703. The summed E-state index contributed by atoms with van der Waals surface area (Å²) in [6, 6.07) is 3.87. The van der Waals surface area contributed by atoms with Crippen LogP contribution in [0.3, 0.4) is 0 Å². The van der Waals surface area contributed by atoms with Crippen molar-refractivity contribution in [3.05, 3.63) is 29.6 Å². The highest BCUT2D eigenvalue weighted by molar-refractivity contribution is 5.71. The number of aromatic nitrogens is 1. The molecule has 1 unspecified atom stereocenters. The van der Waals surface area contributed by atoms with Gasteiger partial charge in [0.2, 0.25) is 0 Å². The molecule has 0 aliphatic rings. The summed E-state index contributed by atoms with van der Waals surface area (Å²) in [6.45, 7) is 3.29. The van der Waals surface area contributed by atoms with Crippen LogP contribution >= 0.6 is 0 Å². The van der Waals surface area contributed by atoms with Gasteiger partial charge in [-0.25, -0.2) is 4.79 Å². The third kappa shape index (κ3) is 5.43. The number of hydrogen-bond acceptors (Lipinski definition) is 4. The van der Waals surface area contributed by atoms with Crippen molar-refractivity contribution >= 4 is 5.97 Å². The van der Waals surface area contributed by atoms with Crippen LogP contribution in [0.5, 0.6) is 0 Å². The zero-order chi connectivity index (χ0) is 12.6. The van der Waals surface area contributed by atoms with Crippen LogP contribution < -0.4 is 0 Å². The number of aryl methyl sites for hydroxylation is 1. The largest absolute Gasteiger partial charge is 0.479 e. The van der Waals surface area contributed by atoms with Gasteiger partial charge in [-0.3, -0.25) is 4.98 Å². The minimum absolute atomic E-state index is 0.0456. The van der Waals surface area contributed by atoms with Gasteiger partial charge in [0, 0.05) is 6.20 Å². The molecule has 0 saturated carbocycles. The molecular weight excluding hydrogens is 210 g/mol. The van der Waals surface area contributed by atoms with Gasteiger partial charge in [0.15, 0.2) is 0 Å². The monoisotopic (exact) mass is 227 g/mol. The van der Waals surface area contributed by atoms with E-state index in [1.54, 1.807) is 6.20 Å². The molecule has 0 aromatic carbocycles. The zero-order valence-corrected chi connectivity index (χ0v) is 9.42. The maximum Gasteiger partial charge on any atom is 0.332 e. The number of carboxylic acid groups (broad SMARTS) is 1. The van der Waals surface area contributed by atoms with Gasteiger partial charge in [-0.15, -0.1) is 0 Å². The van der Waals surface area contributed by atoms with Crippen LogP contribution in [0.15, 0.2) is 18.3 Å². The molecule has 1 rings (SSSR count). The molecule has 3 N–H and O–H groups in total. The van der Waals surface area contributed by atoms with Crippen LogP contribution in [0.4, 0.5) is 0 Å². The number of aliphatic carboxylic acids is 1. The third-order valence-electron chi connectivity index (χ3n) is 1.87. The summed E-state index contributed by atoms with van der Waals surface area (Å²) in [5, 5.41) is 24.6. The van der Waals surface area contributed by atoms with E-state index in [1.807, 2.05) is 12.1 Å². The number of hydrogen-bond donors (Lipinski definition) is 3. The van der Waals surface area contributed by atoms with Crippen molar-refractivity contribution in [1.82, 2.24) is 4.98 Å². The van der Waals surface area contributed by atoms with E-state index in [0.717, 1.165) is 17.7 Å². The van der Waals surface area contributed by atoms with Crippen molar-refractivity contribution < 1.29 is 20.1 Å². The van der Waals surface area contributed by atoms with Gasteiger partial charge in [0.25, 0.3) is 0 Å². The molecule has 1 aromatic heterocycles. The number of pyridine rings is 1. The summed E-state index contributed by atoms with van der Waals surface area (Å²) in [5.74, 6) is -1.19. The summed E-state index contributed by atoms with van der Waals surface area (Å²) in [6.07, 6.45) is 1.40. The van der Waals surface area contributed by atoms with Gasteiger partial charge in [0.05, 0.1) is 12.3 Å². The van der Waals surface area contributed by atoms with Gasteiger partial charge in [-0.2, -0.15) is 0 Å². The van der Waals surface area contributed by atoms with Gasteiger partial charge < -0.3 is 15.3 Å². The van der Waals surface area contributed by atoms with Gasteiger partial charge in [-0.1, -0.05) is 13.0 Å². The van der Waals surface area contributed by atoms with E-state index < -0.39 is 12.1 Å². The molecule has 0 saturated heterocycles. The van der Waals surface area contributed by atoms with Crippen molar-refractivity contribution in [2.24, 2.45) is 0 Å². The molecule has 1 heterocycles. The van der Waals surface area contributed by atoms with Crippen LogP contribution in [-0.4, -0.2) is 32.4 Å². The molecule has 16 heavy (non-hydrogen) atoms. The molecule has 0 radical (unpaired) electrons. The Bertz CT molecular complexity index is 303. The fourth-order valence-corrected chi connectivity index (χ4v) is 0.936. The molecule has 0 spiro atoms. The number of carbonyl (C=O) groups is 1. The summed E-state index contributed by atoms with van der Waals surface area (Å²) in [7, 11) is 0. The minimum atomic E-state index is -1.23. The Balaban J connectivity index is 0.000000325. The Hall–Kier alpha value is -1.46.